The first-order valence-electron chi connectivity index (χ1n) is 41.3. The molecular weight excluding hydrogens is 1300 g/mol. The maximum absolute atomic E-state index is 12.0. The third kappa shape index (κ3) is 51.2. The van der Waals surface area contributed by atoms with Crippen LogP contribution in [0.15, 0.2) is 67.1 Å². The van der Waals surface area contributed by atoms with Gasteiger partial charge in [-0.1, -0.05) is 190 Å². The fraction of sp³-hybridized carbons (Fsp3) is 0.761. The van der Waals surface area contributed by atoms with Gasteiger partial charge in [-0.3, -0.25) is 34.1 Å². The average molecular weight is 1460 g/mol. The number of amides is 2. The highest BCUT2D eigenvalue weighted by Gasteiger charge is 2.39. The lowest BCUT2D eigenvalue weighted by Gasteiger charge is -2.14. The van der Waals surface area contributed by atoms with Gasteiger partial charge < -0.3 is 44.3 Å². The Labute approximate surface area is 639 Å². The molecule has 7 saturated carbocycles. The normalized spacial score (nSPS) is 24.2. The number of carboxylic acid groups (broad SMARTS) is 2. The quantitative estimate of drug-likeness (QED) is 0.0712. The Hall–Kier alpha value is -5.13. The molecule has 3 N–H and O–H groups in total. The van der Waals surface area contributed by atoms with Crippen LogP contribution in [0.1, 0.15) is 296 Å². The summed E-state index contributed by atoms with van der Waals surface area (Å²) in [5, 5.41) is 19.7. The summed E-state index contributed by atoms with van der Waals surface area (Å²) < 4.78 is 19.6. The number of carboxylic acids is 2. The Balaban J connectivity index is -0.000000536. The van der Waals surface area contributed by atoms with E-state index in [-0.39, 0.29) is 0 Å². The molecular formula is C88H162N6O10. The number of nitrogens with one attached hydrogen (secondary N) is 1. The first-order valence-corrected chi connectivity index (χ1v) is 41.3. The number of ether oxygens (including phenoxy) is 4. The fourth-order valence-electron chi connectivity index (χ4n) is 11.3. The number of pyridine rings is 3. The monoisotopic (exact) mass is 1460 g/mol. The van der Waals surface area contributed by atoms with Gasteiger partial charge in [0.15, 0.2) is 0 Å². The highest BCUT2D eigenvalue weighted by Crippen LogP contribution is 2.44. The van der Waals surface area contributed by atoms with Crippen molar-refractivity contribution < 1.29 is 48.3 Å². The van der Waals surface area contributed by atoms with Gasteiger partial charge in [0.05, 0.1) is 30.2 Å². The molecule has 0 bridgehead atoms. The summed E-state index contributed by atoms with van der Waals surface area (Å²) in [6.07, 6.45) is 25.6. The number of hydrogen-bond acceptors (Lipinski definition) is 12. The Morgan fingerprint density at radius 3 is 0.904 bits per heavy atom. The molecule has 3 aromatic heterocycles. The van der Waals surface area contributed by atoms with E-state index in [0.29, 0.717) is 73.3 Å². The molecule has 0 radical (unpaired) electrons. The van der Waals surface area contributed by atoms with Gasteiger partial charge in [0.25, 0.3) is 0 Å². The summed E-state index contributed by atoms with van der Waals surface area (Å²) in [6, 6.07) is 12.1. The number of nitrogens with zero attached hydrogens (tertiary/aromatic N) is 5. The molecule has 0 unspecified atom stereocenters. The molecule has 3 aliphatic heterocycles. The number of allylic oxidation sites excluding steroid dienone is 1. The molecule has 13 rings (SSSR count). The molecule has 16 heteroatoms. The summed E-state index contributed by atoms with van der Waals surface area (Å²) in [7, 11) is 7.02. The zero-order chi connectivity index (χ0) is 80.1. The highest BCUT2D eigenvalue weighted by molar-refractivity contribution is 5.78. The smallest absolute Gasteiger partial charge is 0.303 e. The van der Waals surface area contributed by atoms with Gasteiger partial charge in [-0.2, -0.15) is 0 Å². The van der Waals surface area contributed by atoms with Crippen molar-refractivity contribution in [3.63, 3.8) is 0 Å². The predicted octanol–water partition coefficient (Wildman–Crippen LogP) is 21.7. The van der Waals surface area contributed by atoms with Crippen molar-refractivity contribution in [2.75, 3.05) is 54.9 Å². The molecule has 10 aliphatic rings. The molecule has 0 aromatic carbocycles. The minimum absolute atomic E-state index is 0.298. The maximum Gasteiger partial charge on any atom is 0.303 e. The Kier molecular flexibility index (Phi) is 68.0. The van der Waals surface area contributed by atoms with Gasteiger partial charge in [-0.25, -0.2) is 0 Å². The number of carbonyl (C=O) groups excluding carboxylic acids is 2. The van der Waals surface area contributed by atoms with E-state index in [9.17, 15) is 19.2 Å². The summed E-state index contributed by atoms with van der Waals surface area (Å²) in [6.45, 7) is 58.1. The van der Waals surface area contributed by atoms with E-state index in [1.54, 1.807) is 40.8 Å². The van der Waals surface area contributed by atoms with Gasteiger partial charge >= 0.3 is 11.9 Å². The number of rotatable bonds is 20. The lowest BCUT2D eigenvalue weighted by molar-refractivity contribution is -0.138. The highest BCUT2D eigenvalue weighted by atomic mass is 16.5. The first kappa shape index (κ1) is 105. The van der Waals surface area contributed by atoms with Crippen molar-refractivity contribution in [1.82, 2.24) is 30.1 Å². The van der Waals surface area contributed by atoms with Gasteiger partial charge in [-0.05, 0) is 195 Å². The van der Waals surface area contributed by atoms with E-state index >= 15 is 0 Å². The number of hydrogen-bond donors (Lipinski definition) is 3. The average Bonchev–Trinajstić information content (AvgIpc) is 1.67. The predicted molar refractivity (Wildman–Crippen MR) is 438 cm³/mol. The van der Waals surface area contributed by atoms with Gasteiger partial charge in [0.2, 0.25) is 11.8 Å². The Morgan fingerprint density at radius 1 is 0.404 bits per heavy atom. The third-order valence-electron chi connectivity index (χ3n) is 19.2. The second-order valence-electron chi connectivity index (χ2n) is 27.0. The molecule has 0 saturated heterocycles. The second-order valence-corrected chi connectivity index (χ2v) is 27.0. The minimum Gasteiger partial charge on any atom is -0.481 e. The van der Waals surface area contributed by atoms with Crippen molar-refractivity contribution in [3.05, 3.63) is 101 Å². The topological polar surface area (TPSA) is 203 Å². The van der Waals surface area contributed by atoms with Crippen LogP contribution in [0.5, 0.6) is 0 Å². The lowest BCUT2D eigenvalue weighted by Crippen LogP contribution is -2.25. The number of fused-ring (bicyclic) bond motifs is 3. The van der Waals surface area contributed by atoms with Crippen LogP contribution in [-0.4, -0.2) is 114 Å². The summed E-state index contributed by atoms with van der Waals surface area (Å²) >= 11 is 0. The first-order chi connectivity index (χ1) is 50.3. The van der Waals surface area contributed by atoms with E-state index in [0.717, 1.165) is 143 Å². The second kappa shape index (κ2) is 67.2. The van der Waals surface area contributed by atoms with Crippen LogP contribution < -0.4 is 5.32 Å². The molecule has 104 heavy (non-hydrogen) atoms. The van der Waals surface area contributed by atoms with Gasteiger partial charge in [0, 0.05) is 125 Å². The molecule has 14 atom stereocenters. The van der Waals surface area contributed by atoms with Crippen molar-refractivity contribution >= 4 is 23.8 Å². The number of carbonyl (C=O) groups is 4. The van der Waals surface area contributed by atoms with E-state index in [4.69, 9.17) is 29.2 Å². The molecule has 7 aliphatic carbocycles. The molecule has 0 spiro atoms. The van der Waals surface area contributed by atoms with Crippen LogP contribution >= 0.6 is 0 Å². The van der Waals surface area contributed by atoms with Crippen molar-refractivity contribution in [1.29, 1.82) is 0 Å². The van der Waals surface area contributed by atoms with Crippen LogP contribution in [0, 0.1) is 82.9 Å². The van der Waals surface area contributed by atoms with Crippen LogP contribution in [0.3, 0.4) is 0 Å². The van der Waals surface area contributed by atoms with Crippen LogP contribution in [0.2, 0.25) is 0 Å². The molecule has 3 aromatic rings. The molecule has 2 amide bonds. The lowest BCUT2D eigenvalue weighted by atomic mass is 10.2. The van der Waals surface area contributed by atoms with E-state index in [2.05, 4.69) is 93.0 Å². The SMILES string of the molecule is C/C=C/CCOC.CC.CC.CC.CC.CC.CC.CC.CC.COCC[C@@H]1C[C@H]1C.COCC[C@@H]1C[C@H]1C.COCC[C@@H]1C[C@H]1C.C[C@@H]1C[C@H]1CC(=O)N1Cc2cccnc2C1.C[C@@H]1C[C@H]1CC(=O)N1Cc2cccnc2C1.C[C@@H]1C[C@H]1CC(=O)O.C[C@@H]1C[C@H]1CC(=O)O.c1cnc2c(c1)CNC2. The zero-order valence-corrected chi connectivity index (χ0v) is 72.0. The molecule has 604 valence electrons. The summed E-state index contributed by atoms with van der Waals surface area (Å²) in [5.41, 5.74) is 7.11. The van der Waals surface area contributed by atoms with E-state index < -0.39 is 11.9 Å². The van der Waals surface area contributed by atoms with Crippen LogP contribution in [0.25, 0.3) is 0 Å². The van der Waals surface area contributed by atoms with Crippen LogP contribution in [-0.2, 0) is 77.4 Å². The number of aromatic nitrogens is 3. The minimum atomic E-state index is -0.653. The van der Waals surface area contributed by atoms with Crippen molar-refractivity contribution in [2.24, 2.45) is 82.9 Å². The Bertz CT molecular complexity index is 2340. The molecule has 7 fully saturated rings. The largest absolute Gasteiger partial charge is 0.481 e. The summed E-state index contributed by atoms with van der Waals surface area (Å²) in [4.78, 5) is 60.7. The molecule has 6 heterocycles. The third-order valence-corrected chi connectivity index (χ3v) is 19.2. The standard InChI is InChI=1S/2C13H16N2O.C7H8N2.3C7H14O.2C6H10O2.C6H12O.8C2H6/c2*1-9-5-11(9)6-13(16)15-7-10-3-2-4-14-12(10)8-15;1-2-6-4-8-5-7(6)9-3-1;3*1-6-5-7(6)3-4-8-2;2*1-4-2-5(4)3-6(7)8;1-3-4-5-6-7-2;8*1-2/h2*2-4,9,11H,5-8H2,1H3;1-3,8H,4-5H2;3*6-7H,3-5H2,1-2H3;2*4-5H,2-3H2,1H3,(H,7,8);3-4H,5-6H2,1-2H3;8*1-2H3/b;;;;;;;;4-3+;;;;;;;;/t2*9-,11+;;3*6-,7-;2*4-,5+;;;;;;;;;/m11.11111........./s1. The zero-order valence-electron chi connectivity index (χ0n) is 72.0. The maximum atomic E-state index is 12.0. The Morgan fingerprint density at radius 2 is 0.673 bits per heavy atom. The van der Waals surface area contributed by atoms with E-state index in [1.165, 1.54) is 73.8 Å². The number of aliphatic carboxylic acids is 2. The fourth-order valence-corrected chi connectivity index (χ4v) is 11.3. The molecule has 16 nitrogen and oxygen atoms in total. The summed E-state index contributed by atoms with van der Waals surface area (Å²) in [5.74, 6) is 10.4. The van der Waals surface area contributed by atoms with Crippen LogP contribution in [0.4, 0.5) is 0 Å². The van der Waals surface area contributed by atoms with Crippen molar-refractivity contribution in [2.45, 2.75) is 302 Å². The van der Waals surface area contributed by atoms with Gasteiger partial charge in [-0.15, -0.1) is 0 Å². The van der Waals surface area contributed by atoms with Gasteiger partial charge in [0.1, 0.15) is 0 Å². The van der Waals surface area contributed by atoms with E-state index in [1.807, 2.05) is 158 Å². The number of methoxy groups -OCH3 is 4. The van der Waals surface area contributed by atoms with Crippen molar-refractivity contribution in [3.8, 4) is 0 Å².